The molecule has 5 aromatic carbocycles. The Bertz CT molecular complexity index is 3290. The summed E-state index contributed by atoms with van der Waals surface area (Å²) in [6, 6.07) is 30.9. The van der Waals surface area contributed by atoms with E-state index in [1.807, 2.05) is 119 Å². The minimum absolute atomic E-state index is 0.0108. The van der Waals surface area contributed by atoms with E-state index in [9.17, 15) is 47.9 Å². The maximum Gasteiger partial charge on any atom is 0.309 e. The number of amides is 4. The maximum atomic E-state index is 12.0. The summed E-state index contributed by atoms with van der Waals surface area (Å²) in [5.41, 5.74) is 14.1. The Labute approximate surface area is 531 Å². The van der Waals surface area contributed by atoms with Gasteiger partial charge in [-0.1, -0.05) is 107 Å². The number of carbonyl (C=O) groups excluding carboxylic acids is 10. The van der Waals surface area contributed by atoms with E-state index in [4.69, 9.17) is 9.47 Å². The Balaban J connectivity index is 0.000000179. The molecule has 4 N–H and O–H groups in total. The Morgan fingerprint density at radius 3 is 1.42 bits per heavy atom. The molecule has 480 valence electrons. The average Bonchev–Trinajstić information content (AvgIpc) is 1.02. The second-order valence-electron chi connectivity index (χ2n) is 23.4. The van der Waals surface area contributed by atoms with Crippen LogP contribution in [0.4, 0.5) is 0 Å². The fraction of sp³-hybridized carbons (Fsp3) is 0.459. The van der Waals surface area contributed by atoms with E-state index in [0.29, 0.717) is 38.5 Å². The van der Waals surface area contributed by atoms with Crippen molar-refractivity contribution in [2.75, 3.05) is 42.4 Å². The Kier molecular flexibility index (Phi) is 27.1. The minimum atomic E-state index is -0.447. The second kappa shape index (κ2) is 34.5. The van der Waals surface area contributed by atoms with Crippen LogP contribution in [0.1, 0.15) is 213 Å². The molecule has 6 unspecified atom stereocenters. The largest absolute Gasteiger partial charge is 0.469 e. The fourth-order valence-electron chi connectivity index (χ4n) is 13.3. The maximum absolute atomic E-state index is 12.0. The molecule has 90 heavy (non-hydrogen) atoms. The summed E-state index contributed by atoms with van der Waals surface area (Å²) in [5, 5.41) is 10.8. The van der Waals surface area contributed by atoms with Gasteiger partial charge in [0.1, 0.15) is 11.6 Å². The lowest BCUT2D eigenvalue weighted by molar-refractivity contribution is -0.158. The quantitative estimate of drug-likeness (QED) is 0.0600. The molecule has 5 aromatic rings. The first-order valence-electron chi connectivity index (χ1n) is 32.1. The number of methoxy groups -OCH3 is 2. The van der Waals surface area contributed by atoms with Crippen LogP contribution < -0.4 is 21.3 Å². The molecule has 0 heterocycles. The number of carbonyl (C=O) groups is 10. The Morgan fingerprint density at radius 2 is 0.889 bits per heavy atom. The highest BCUT2D eigenvalue weighted by Crippen LogP contribution is 2.40. The number of ketones is 4. The lowest BCUT2D eigenvalue weighted by Gasteiger charge is -2.29. The van der Waals surface area contributed by atoms with E-state index in [1.54, 1.807) is 34.3 Å². The number of likely N-dealkylation sites (N-methyl/N-ethyl adjacent to an activating group) is 1. The number of rotatable bonds is 14. The van der Waals surface area contributed by atoms with Crippen molar-refractivity contribution in [2.24, 2.45) is 17.8 Å². The van der Waals surface area contributed by atoms with E-state index in [2.05, 4.69) is 21.3 Å². The zero-order valence-corrected chi connectivity index (χ0v) is 54.3. The summed E-state index contributed by atoms with van der Waals surface area (Å²) >= 11 is 0. The second-order valence-corrected chi connectivity index (χ2v) is 23.4. The molecular formula is C74H92N4O12. The molecule has 0 spiro atoms. The van der Waals surface area contributed by atoms with Crippen LogP contribution in [0, 0.1) is 17.8 Å². The highest BCUT2D eigenvalue weighted by Gasteiger charge is 2.40. The third-order valence-corrected chi connectivity index (χ3v) is 18.3. The van der Waals surface area contributed by atoms with E-state index in [1.165, 1.54) is 25.3 Å². The molecule has 4 amide bonds. The van der Waals surface area contributed by atoms with Gasteiger partial charge in [-0.05, 0) is 164 Å². The van der Waals surface area contributed by atoms with Gasteiger partial charge in [-0.25, -0.2) is 0 Å². The van der Waals surface area contributed by atoms with Crippen molar-refractivity contribution < 1.29 is 57.4 Å². The van der Waals surface area contributed by atoms with Gasteiger partial charge in [-0.15, -0.1) is 0 Å². The van der Waals surface area contributed by atoms with Crippen LogP contribution in [0.3, 0.4) is 0 Å². The number of fused-ring (bicyclic) bond motifs is 5. The van der Waals surface area contributed by atoms with E-state index in [0.717, 1.165) is 144 Å². The molecule has 0 saturated carbocycles. The highest BCUT2D eigenvalue weighted by molar-refractivity contribution is 6.02. The zero-order valence-electron chi connectivity index (χ0n) is 54.3. The summed E-state index contributed by atoms with van der Waals surface area (Å²) in [5.74, 6) is -0.669. The van der Waals surface area contributed by atoms with Gasteiger partial charge < -0.3 is 30.7 Å². The van der Waals surface area contributed by atoms with Crippen molar-refractivity contribution in [3.63, 3.8) is 0 Å². The van der Waals surface area contributed by atoms with E-state index >= 15 is 0 Å². The number of Topliss-reactive ketones (excluding diaryl/α,β-unsaturated/α-hetero) is 4. The number of ether oxygens (including phenoxy) is 2. The van der Waals surface area contributed by atoms with Crippen LogP contribution >= 0.6 is 0 Å². The van der Waals surface area contributed by atoms with Crippen LogP contribution in [-0.2, 0) is 83.2 Å². The lowest BCUT2D eigenvalue weighted by Crippen LogP contribution is -2.37. The summed E-state index contributed by atoms with van der Waals surface area (Å²) in [6.07, 6.45) is 14.1. The number of nitrogens with one attached hydrogen (secondary N) is 4. The molecule has 0 bridgehead atoms. The summed E-state index contributed by atoms with van der Waals surface area (Å²) in [6.45, 7) is 7.56. The molecule has 16 heteroatoms. The molecule has 0 fully saturated rings. The van der Waals surface area contributed by atoms with E-state index < -0.39 is 11.8 Å². The van der Waals surface area contributed by atoms with Crippen molar-refractivity contribution in [3.05, 3.63) is 175 Å². The van der Waals surface area contributed by atoms with Crippen molar-refractivity contribution in [3.8, 4) is 0 Å². The van der Waals surface area contributed by atoms with Gasteiger partial charge in [-0.2, -0.15) is 0 Å². The topological polar surface area (TPSA) is 237 Å². The molecule has 0 aliphatic heterocycles. The number of aryl methyl sites for hydroxylation is 1. The first-order chi connectivity index (χ1) is 43.4. The average molecular weight is 1230 g/mol. The van der Waals surface area contributed by atoms with Crippen LogP contribution in [0.15, 0.2) is 97.1 Å². The SMILES string of the molecule is CCC(=O)C1CCC(C(=O)NC)c2ccccc21.CCC(=O)C1CCCc2c(C(=O)NC)cccc21.CCC(=O)c1ccc(C(=O)NC)c2c1CCCC2.CCC(=O)c1ccc2c(c1)CCC(C(=O)NC)C2.COC(=O)C1Cc2ccccc2CC1C(=O)OC. The van der Waals surface area contributed by atoms with Crippen molar-refractivity contribution in [1.82, 2.24) is 21.3 Å². The molecule has 10 rings (SSSR count). The molecule has 6 atom stereocenters. The molecular weight excluding hydrogens is 1140 g/mol. The van der Waals surface area contributed by atoms with Gasteiger partial charge in [0.2, 0.25) is 11.8 Å². The smallest absolute Gasteiger partial charge is 0.309 e. The van der Waals surface area contributed by atoms with Crippen molar-refractivity contribution in [2.45, 2.75) is 161 Å². The normalized spacial score (nSPS) is 18.8. The van der Waals surface area contributed by atoms with Gasteiger partial charge in [0.05, 0.1) is 32.0 Å². The minimum Gasteiger partial charge on any atom is -0.469 e. The third kappa shape index (κ3) is 17.3. The fourth-order valence-corrected chi connectivity index (χ4v) is 13.3. The summed E-state index contributed by atoms with van der Waals surface area (Å²) in [4.78, 5) is 118. The monoisotopic (exact) mass is 1230 g/mol. The summed E-state index contributed by atoms with van der Waals surface area (Å²) < 4.78 is 9.57. The van der Waals surface area contributed by atoms with Gasteiger partial charge in [0, 0.05) is 93.9 Å². The van der Waals surface area contributed by atoms with Gasteiger partial charge >= 0.3 is 11.9 Å². The molecule has 0 saturated heterocycles. The number of benzene rings is 5. The molecule has 0 aromatic heterocycles. The van der Waals surface area contributed by atoms with E-state index in [-0.39, 0.29) is 82.4 Å². The van der Waals surface area contributed by atoms with Crippen LogP contribution in [0.25, 0.3) is 0 Å². The van der Waals surface area contributed by atoms with Crippen LogP contribution in [0.2, 0.25) is 0 Å². The number of hydrogen-bond donors (Lipinski definition) is 4. The first-order valence-corrected chi connectivity index (χ1v) is 32.1. The summed E-state index contributed by atoms with van der Waals surface area (Å²) in [7, 11) is 9.31. The van der Waals surface area contributed by atoms with Crippen molar-refractivity contribution >= 4 is 58.7 Å². The van der Waals surface area contributed by atoms with Crippen LogP contribution in [-0.4, -0.2) is 101 Å². The Hall–Kier alpha value is -8.40. The highest BCUT2D eigenvalue weighted by atomic mass is 16.5. The van der Waals surface area contributed by atoms with Gasteiger partial charge in [0.25, 0.3) is 11.8 Å². The van der Waals surface area contributed by atoms with Crippen molar-refractivity contribution in [1.29, 1.82) is 0 Å². The molecule has 5 aliphatic carbocycles. The molecule has 0 radical (unpaired) electrons. The number of hydrogen-bond acceptors (Lipinski definition) is 12. The predicted molar refractivity (Wildman–Crippen MR) is 348 cm³/mol. The van der Waals surface area contributed by atoms with Crippen LogP contribution in [0.5, 0.6) is 0 Å². The predicted octanol–water partition coefficient (Wildman–Crippen LogP) is 10.8. The van der Waals surface area contributed by atoms with Gasteiger partial charge in [0.15, 0.2) is 11.6 Å². The lowest BCUT2D eigenvalue weighted by atomic mass is 9.74. The standard InChI is InChI=1S/4C15H19NO2.C14H16O4/c1-3-14(17)12-8-4-7-11-10(12)6-5-9-13(11)15(18)16-2;1-3-14(17)12-6-4-11-9-13(15(18)16-2)7-5-10(11)8-12;2*1-3-14(17)12-8-9-13(15(18)16-2)11-7-5-4-6-10(11)12;1-17-13(15)11-7-9-5-3-4-6-10(9)8-12(11)14(16)18-2/h5-6,9,12H,3-4,7-8H2,1-2H3,(H,16,18);4,6,8,13H,3,5,7,9H2,1-2H3,(H,16,18);8-9H,3-7H2,1-2H3,(H,16,18);4-7,12-13H,3,8-9H2,1-2H3,(H,16,18);3-6,11-12H,7-8H2,1-2H3. The zero-order chi connectivity index (χ0) is 65.6. The third-order valence-electron chi connectivity index (χ3n) is 18.3. The molecule has 5 aliphatic rings. The Morgan fingerprint density at radius 1 is 0.411 bits per heavy atom. The first kappa shape index (κ1) is 70.7. The number of esters is 2. The molecule has 16 nitrogen and oxygen atoms in total. The van der Waals surface area contributed by atoms with Gasteiger partial charge in [-0.3, -0.25) is 47.9 Å².